The first kappa shape index (κ1) is 10.4. The Kier molecular flexibility index (Phi) is 2.57. The van der Waals surface area contributed by atoms with Crippen molar-refractivity contribution in [2.45, 2.75) is 19.0 Å². The number of benzene rings is 2. The van der Waals surface area contributed by atoms with Gasteiger partial charge < -0.3 is 10.4 Å². The van der Waals surface area contributed by atoms with E-state index in [-0.39, 0.29) is 0 Å². The molecule has 0 fully saturated rings. The van der Waals surface area contributed by atoms with Crippen molar-refractivity contribution in [3.63, 3.8) is 0 Å². The van der Waals surface area contributed by atoms with Crippen LogP contribution < -0.4 is 5.32 Å². The summed E-state index contributed by atoms with van der Waals surface area (Å²) in [5.74, 6) is 0.341. The maximum atomic E-state index is 9.46. The lowest BCUT2D eigenvalue weighted by Crippen LogP contribution is -2.14. The maximum Gasteiger partial charge on any atom is 0.115 e. The van der Waals surface area contributed by atoms with Crippen LogP contribution in [-0.4, -0.2) is 5.11 Å². The van der Waals surface area contributed by atoms with Gasteiger partial charge in [0.25, 0.3) is 0 Å². The van der Waals surface area contributed by atoms with Gasteiger partial charge in [-0.25, -0.2) is 0 Å². The van der Waals surface area contributed by atoms with E-state index in [1.54, 1.807) is 6.07 Å². The van der Waals surface area contributed by atoms with Crippen LogP contribution in [0.25, 0.3) is 0 Å². The van der Waals surface area contributed by atoms with Gasteiger partial charge in [0, 0.05) is 12.6 Å². The molecule has 1 heterocycles. The van der Waals surface area contributed by atoms with Crippen molar-refractivity contribution in [3.8, 4) is 5.75 Å². The summed E-state index contributed by atoms with van der Waals surface area (Å²) in [6.45, 7) is 0.944. The van der Waals surface area contributed by atoms with Crippen LogP contribution in [0.5, 0.6) is 5.75 Å². The summed E-state index contributed by atoms with van der Waals surface area (Å²) < 4.78 is 0. The molecule has 0 bridgehead atoms. The van der Waals surface area contributed by atoms with Crippen LogP contribution in [0.4, 0.5) is 0 Å². The van der Waals surface area contributed by atoms with E-state index in [0.29, 0.717) is 11.8 Å². The minimum atomic E-state index is 0.341. The average molecular weight is 225 g/mol. The van der Waals surface area contributed by atoms with Gasteiger partial charge in [-0.05, 0) is 35.2 Å². The Hall–Kier alpha value is -1.80. The molecule has 0 aromatic heterocycles. The molecule has 86 valence electrons. The van der Waals surface area contributed by atoms with E-state index in [4.69, 9.17) is 0 Å². The van der Waals surface area contributed by atoms with Gasteiger partial charge in [-0.1, -0.05) is 36.4 Å². The van der Waals surface area contributed by atoms with Gasteiger partial charge in [-0.15, -0.1) is 0 Å². The molecule has 0 amide bonds. The van der Waals surface area contributed by atoms with Crippen LogP contribution in [0.15, 0.2) is 48.5 Å². The van der Waals surface area contributed by atoms with Crippen molar-refractivity contribution in [2.24, 2.45) is 0 Å². The first-order valence-corrected chi connectivity index (χ1v) is 5.92. The van der Waals surface area contributed by atoms with Crippen molar-refractivity contribution in [3.05, 3.63) is 65.2 Å². The third-order valence-electron chi connectivity index (χ3n) is 3.32. The molecular weight excluding hydrogens is 210 g/mol. The number of aromatic hydroxyl groups is 1. The fraction of sp³-hybridized carbons (Fsp3) is 0.200. The van der Waals surface area contributed by atoms with Gasteiger partial charge in [0.15, 0.2) is 0 Å². The van der Waals surface area contributed by atoms with Gasteiger partial charge in [0.1, 0.15) is 5.75 Å². The van der Waals surface area contributed by atoms with Crippen LogP contribution in [0, 0.1) is 0 Å². The molecule has 2 nitrogen and oxygen atoms in total. The third kappa shape index (κ3) is 2.04. The molecule has 2 heteroatoms. The second-order valence-corrected chi connectivity index (χ2v) is 4.51. The van der Waals surface area contributed by atoms with Crippen molar-refractivity contribution in [1.29, 1.82) is 0 Å². The van der Waals surface area contributed by atoms with Crippen LogP contribution in [0.1, 0.15) is 22.7 Å². The number of phenols is 1. The molecule has 17 heavy (non-hydrogen) atoms. The summed E-state index contributed by atoms with van der Waals surface area (Å²) in [5.41, 5.74) is 3.94. The number of nitrogens with one attached hydrogen (secondary N) is 1. The van der Waals surface area contributed by atoms with E-state index in [2.05, 4.69) is 35.6 Å². The summed E-state index contributed by atoms with van der Waals surface area (Å²) in [6.07, 6.45) is 0.922. The van der Waals surface area contributed by atoms with E-state index in [1.807, 2.05) is 12.1 Å². The van der Waals surface area contributed by atoms with E-state index in [1.165, 1.54) is 16.7 Å². The predicted molar refractivity (Wildman–Crippen MR) is 67.8 cm³/mol. The lowest BCUT2D eigenvalue weighted by molar-refractivity contribution is 0.473. The Morgan fingerprint density at radius 3 is 2.88 bits per heavy atom. The smallest absolute Gasteiger partial charge is 0.115 e. The summed E-state index contributed by atoms with van der Waals surface area (Å²) in [6, 6.07) is 16.4. The summed E-state index contributed by atoms with van der Waals surface area (Å²) in [7, 11) is 0. The zero-order valence-electron chi connectivity index (χ0n) is 9.56. The van der Waals surface area contributed by atoms with Gasteiger partial charge >= 0.3 is 0 Å². The van der Waals surface area contributed by atoms with Gasteiger partial charge in [0.2, 0.25) is 0 Å². The summed E-state index contributed by atoms with van der Waals surface area (Å²) in [5, 5.41) is 13.0. The molecule has 0 radical (unpaired) electrons. The van der Waals surface area contributed by atoms with Crippen LogP contribution in [-0.2, 0) is 13.0 Å². The molecule has 2 N–H and O–H groups in total. The van der Waals surface area contributed by atoms with Crippen molar-refractivity contribution in [1.82, 2.24) is 5.32 Å². The van der Waals surface area contributed by atoms with Crippen molar-refractivity contribution < 1.29 is 5.11 Å². The lowest BCUT2D eigenvalue weighted by Gasteiger charge is -2.12. The van der Waals surface area contributed by atoms with E-state index in [9.17, 15) is 5.11 Å². The normalized spacial score (nSPS) is 18.0. The molecule has 1 aliphatic rings. The fourth-order valence-electron chi connectivity index (χ4n) is 2.48. The third-order valence-corrected chi connectivity index (χ3v) is 3.32. The first-order valence-electron chi connectivity index (χ1n) is 5.92. The molecule has 0 spiro atoms. The standard InChI is InChI=1S/C15H15NO/c17-13-6-3-4-11(8-13)9-15-14-7-2-1-5-12(14)10-16-15/h1-8,15-17H,9-10H2. The zero-order valence-corrected chi connectivity index (χ0v) is 9.56. The number of hydrogen-bond donors (Lipinski definition) is 2. The molecule has 3 rings (SSSR count). The minimum absolute atomic E-state index is 0.341. The number of hydrogen-bond acceptors (Lipinski definition) is 2. The molecule has 0 saturated heterocycles. The van der Waals surface area contributed by atoms with Crippen LogP contribution in [0.2, 0.25) is 0 Å². The number of fused-ring (bicyclic) bond motifs is 1. The highest BCUT2D eigenvalue weighted by Gasteiger charge is 2.21. The van der Waals surface area contributed by atoms with Crippen LogP contribution >= 0.6 is 0 Å². The molecule has 1 unspecified atom stereocenters. The minimum Gasteiger partial charge on any atom is -0.508 e. The topological polar surface area (TPSA) is 32.3 Å². The van der Waals surface area contributed by atoms with Crippen LogP contribution in [0.3, 0.4) is 0 Å². The highest BCUT2D eigenvalue weighted by molar-refractivity contribution is 5.36. The maximum absolute atomic E-state index is 9.46. The lowest BCUT2D eigenvalue weighted by atomic mass is 9.99. The van der Waals surface area contributed by atoms with Crippen molar-refractivity contribution >= 4 is 0 Å². The molecule has 1 aliphatic heterocycles. The fourth-order valence-corrected chi connectivity index (χ4v) is 2.48. The molecular formula is C15H15NO. The highest BCUT2D eigenvalue weighted by atomic mass is 16.3. The molecule has 1 atom stereocenters. The summed E-state index contributed by atoms with van der Waals surface area (Å²) >= 11 is 0. The SMILES string of the molecule is Oc1cccc(CC2NCc3ccccc32)c1. The van der Waals surface area contributed by atoms with E-state index >= 15 is 0 Å². The quantitative estimate of drug-likeness (QED) is 0.823. The Morgan fingerprint density at radius 2 is 2.00 bits per heavy atom. The second kappa shape index (κ2) is 4.22. The zero-order chi connectivity index (χ0) is 11.7. The predicted octanol–water partition coefficient (Wildman–Crippen LogP) is 2.78. The Morgan fingerprint density at radius 1 is 1.12 bits per heavy atom. The Labute approximate surface area is 101 Å². The average Bonchev–Trinajstić information content (AvgIpc) is 2.73. The highest BCUT2D eigenvalue weighted by Crippen LogP contribution is 2.28. The second-order valence-electron chi connectivity index (χ2n) is 4.51. The Bertz CT molecular complexity index is 536. The monoisotopic (exact) mass is 225 g/mol. The summed E-state index contributed by atoms with van der Waals surface area (Å²) in [4.78, 5) is 0. The molecule has 2 aromatic rings. The van der Waals surface area contributed by atoms with Gasteiger partial charge in [-0.3, -0.25) is 0 Å². The largest absolute Gasteiger partial charge is 0.508 e. The Balaban J connectivity index is 1.84. The number of phenolic OH excluding ortho intramolecular Hbond substituents is 1. The van der Waals surface area contributed by atoms with E-state index in [0.717, 1.165) is 13.0 Å². The molecule has 0 saturated carbocycles. The van der Waals surface area contributed by atoms with Gasteiger partial charge in [-0.2, -0.15) is 0 Å². The van der Waals surface area contributed by atoms with E-state index < -0.39 is 0 Å². The van der Waals surface area contributed by atoms with Crippen molar-refractivity contribution in [2.75, 3.05) is 0 Å². The molecule has 2 aromatic carbocycles. The number of rotatable bonds is 2. The van der Waals surface area contributed by atoms with Gasteiger partial charge in [0.05, 0.1) is 0 Å². The molecule has 0 aliphatic carbocycles. The first-order chi connectivity index (χ1) is 8.33.